The maximum Gasteiger partial charge on any atom is 0.0640 e. The number of fused-ring (bicyclic) bond motifs is 7. The fourth-order valence-corrected chi connectivity index (χ4v) is 8.82. The van der Waals surface area contributed by atoms with Crippen LogP contribution in [0.2, 0.25) is 0 Å². The molecular weight excluding hydrogens is 623 g/mol. The highest BCUT2D eigenvalue weighted by molar-refractivity contribution is 7.26. The Kier molecular flexibility index (Phi) is 6.75. The van der Waals surface area contributed by atoms with Gasteiger partial charge in [-0.3, -0.25) is 0 Å². The van der Waals surface area contributed by atoms with Crippen molar-refractivity contribution < 1.29 is 0 Å². The van der Waals surface area contributed by atoms with Gasteiger partial charge in [-0.15, -0.1) is 11.3 Å². The fraction of sp³-hybridized carbons (Fsp3) is 0. The lowest BCUT2D eigenvalue weighted by Crippen LogP contribution is -2.10. The first-order chi connectivity index (χ1) is 24.8. The van der Waals surface area contributed by atoms with Gasteiger partial charge < -0.3 is 4.90 Å². The van der Waals surface area contributed by atoms with Gasteiger partial charge in [0.1, 0.15) is 0 Å². The molecule has 10 rings (SSSR count). The van der Waals surface area contributed by atoms with Gasteiger partial charge in [-0.1, -0.05) is 140 Å². The van der Waals surface area contributed by atoms with E-state index in [1.165, 1.54) is 80.4 Å². The fourth-order valence-electron chi connectivity index (χ4n) is 7.61. The largest absolute Gasteiger partial charge is 0.309 e. The first-order valence-electron chi connectivity index (χ1n) is 17.1. The Balaban J connectivity index is 1.16. The topological polar surface area (TPSA) is 3.24 Å². The maximum absolute atomic E-state index is 2.44. The molecule has 10 aromatic rings. The van der Waals surface area contributed by atoms with Crippen molar-refractivity contribution in [1.29, 1.82) is 0 Å². The minimum Gasteiger partial charge on any atom is -0.309 e. The van der Waals surface area contributed by atoms with Gasteiger partial charge in [0.15, 0.2) is 0 Å². The first-order valence-corrected chi connectivity index (χ1v) is 17.9. The van der Waals surface area contributed by atoms with E-state index < -0.39 is 0 Å². The molecule has 0 aliphatic heterocycles. The van der Waals surface area contributed by atoms with Crippen LogP contribution in [0.5, 0.6) is 0 Å². The van der Waals surface area contributed by atoms with Crippen molar-refractivity contribution >= 4 is 80.9 Å². The summed E-state index contributed by atoms with van der Waals surface area (Å²) in [6, 6.07) is 68.8. The minimum atomic E-state index is 1.13. The zero-order valence-electron chi connectivity index (χ0n) is 27.3. The molecule has 9 aromatic carbocycles. The number of nitrogens with zero attached hydrogens (tertiary/aromatic N) is 1. The third kappa shape index (κ3) is 4.76. The maximum atomic E-state index is 2.44. The van der Waals surface area contributed by atoms with Crippen molar-refractivity contribution in [3.8, 4) is 22.3 Å². The van der Waals surface area contributed by atoms with Crippen LogP contribution in [0.3, 0.4) is 0 Å². The highest BCUT2D eigenvalue weighted by Gasteiger charge is 2.19. The Hall–Kier alpha value is -6.22. The van der Waals surface area contributed by atoms with E-state index in [1.807, 2.05) is 11.3 Å². The van der Waals surface area contributed by atoms with Crippen LogP contribution < -0.4 is 4.90 Å². The van der Waals surface area contributed by atoms with Crippen molar-refractivity contribution in [2.24, 2.45) is 0 Å². The monoisotopic (exact) mass is 653 g/mol. The van der Waals surface area contributed by atoms with Crippen LogP contribution in [0.1, 0.15) is 0 Å². The molecule has 0 spiro atoms. The van der Waals surface area contributed by atoms with Gasteiger partial charge in [0.05, 0.1) is 10.4 Å². The minimum absolute atomic E-state index is 1.13. The van der Waals surface area contributed by atoms with E-state index in [0.717, 1.165) is 11.4 Å². The molecule has 1 nitrogen and oxygen atoms in total. The van der Waals surface area contributed by atoms with Gasteiger partial charge in [-0.25, -0.2) is 0 Å². The summed E-state index contributed by atoms with van der Waals surface area (Å²) < 4.78 is 2.59. The van der Waals surface area contributed by atoms with Gasteiger partial charge in [0, 0.05) is 26.8 Å². The van der Waals surface area contributed by atoms with Gasteiger partial charge in [0.2, 0.25) is 0 Å². The molecule has 0 fully saturated rings. The summed E-state index contributed by atoms with van der Waals surface area (Å²) >= 11 is 1.87. The van der Waals surface area contributed by atoms with Crippen molar-refractivity contribution in [3.05, 3.63) is 188 Å². The van der Waals surface area contributed by atoms with E-state index in [4.69, 9.17) is 0 Å². The third-order valence-electron chi connectivity index (χ3n) is 10.0. The lowest BCUT2D eigenvalue weighted by molar-refractivity contribution is 1.30. The van der Waals surface area contributed by atoms with Crippen molar-refractivity contribution in [2.45, 2.75) is 0 Å². The van der Waals surface area contributed by atoms with Crippen LogP contribution >= 0.6 is 11.3 Å². The molecule has 0 aliphatic carbocycles. The summed E-state index contributed by atoms with van der Waals surface area (Å²) in [5.74, 6) is 0. The average molecular weight is 654 g/mol. The predicted molar refractivity (Wildman–Crippen MR) is 217 cm³/mol. The van der Waals surface area contributed by atoms with E-state index in [1.54, 1.807) is 0 Å². The Morgan fingerprint density at radius 1 is 0.340 bits per heavy atom. The van der Waals surface area contributed by atoms with Crippen LogP contribution in [0, 0.1) is 0 Å². The summed E-state index contributed by atoms with van der Waals surface area (Å²) in [7, 11) is 0. The zero-order valence-corrected chi connectivity index (χ0v) is 28.1. The van der Waals surface area contributed by atoms with Gasteiger partial charge in [0.25, 0.3) is 0 Å². The molecular formula is C48H31NS. The quantitative estimate of drug-likeness (QED) is 0.167. The lowest BCUT2D eigenvalue weighted by Gasteiger charge is -2.27. The predicted octanol–water partition coefficient (Wildman–Crippen LogP) is 14.3. The smallest absolute Gasteiger partial charge is 0.0640 e. The highest BCUT2D eigenvalue weighted by atomic mass is 32.1. The summed E-state index contributed by atoms with van der Waals surface area (Å²) in [4.78, 5) is 2.44. The summed E-state index contributed by atoms with van der Waals surface area (Å²) in [5, 5.41) is 10.2. The van der Waals surface area contributed by atoms with Crippen molar-refractivity contribution in [3.63, 3.8) is 0 Å². The lowest BCUT2D eigenvalue weighted by atomic mass is 9.93. The molecule has 0 bridgehead atoms. The highest BCUT2D eigenvalue weighted by Crippen LogP contribution is 2.46. The number of benzene rings is 9. The molecule has 0 saturated heterocycles. The third-order valence-corrected chi connectivity index (χ3v) is 11.2. The summed E-state index contributed by atoms with van der Waals surface area (Å²) in [5.41, 5.74) is 8.30. The first kappa shape index (κ1) is 28.8. The van der Waals surface area contributed by atoms with E-state index in [0.29, 0.717) is 0 Å². The molecule has 0 saturated carbocycles. The SMILES string of the molecule is c1cc(-c2cc3ccccc3c3ccccc23)cc(N(c2ccc(-c3ccc4ccccc4c3)cc2)c2cccc3c2sc2ccccc23)c1. The molecule has 0 atom stereocenters. The second-order valence-corrected chi connectivity index (χ2v) is 14.0. The van der Waals surface area contributed by atoms with Gasteiger partial charge >= 0.3 is 0 Å². The van der Waals surface area contributed by atoms with Crippen LogP contribution in [-0.4, -0.2) is 0 Å². The molecule has 1 heterocycles. The Labute approximate surface area is 294 Å². The van der Waals surface area contributed by atoms with Crippen LogP contribution in [0.25, 0.3) is 74.7 Å². The van der Waals surface area contributed by atoms with Crippen LogP contribution in [0.4, 0.5) is 17.1 Å². The standard InChI is InChI=1S/C48H31NS/c1-2-12-34-29-35(24-23-32(34)11-1)33-25-27-38(28-26-33)49(46-21-10-20-44-43-19-7-8-22-47(43)50-48(44)46)39-15-9-14-36(30-39)45-31-37-13-3-4-16-40(37)41-17-5-6-18-42(41)45/h1-31H. The summed E-state index contributed by atoms with van der Waals surface area (Å²) in [6.45, 7) is 0. The molecule has 0 unspecified atom stereocenters. The van der Waals surface area contributed by atoms with Gasteiger partial charge in [-0.2, -0.15) is 0 Å². The van der Waals surface area contributed by atoms with E-state index in [-0.39, 0.29) is 0 Å². The normalized spacial score (nSPS) is 11.6. The zero-order chi connectivity index (χ0) is 33.0. The van der Waals surface area contributed by atoms with Crippen molar-refractivity contribution in [1.82, 2.24) is 0 Å². The molecule has 2 heteroatoms. The van der Waals surface area contributed by atoms with E-state index in [9.17, 15) is 0 Å². The Morgan fingerprint density at radius 2 is 1.00 bits per heavy atom. The number of hydrogen-bond donors (Lipinski definition) is 0. The second kappa shape index (κ2) is 11.7. The second-order valence-electron chi connectivity index (χ2n) is 12.9. The number of hydrogen-bond acceptors (Lipinski definition) is 2. The molecule has 0 aliphatic rings. The number of rotatable bonds is 5. The van der Waals surface area contributed by atoms with Crippen LogP contribution in [-0.2, 0) is 0 Å². The molecule has 0 N–H and O–H groups in total. The Bertz CT molecular complexity index is 2880. The van der Waals surface area contributed by atoms with E-state index >= 15 is 0 Å². The Morgan fingerprint density at radius 3 is 1.86 bits per heavy atom. The molecule has 0 amide bonds. The summed E-state index contributed by atoms with van der Waals surface area (Å²) in [6.07, 6.45) is 0. The molecule has 1 aromatic heterocycles. The molecule has 50 heavy (non-hydrogen) atoms. The van der Waals surface area contributed by atoms with Crippen LogP contribution in [0.15, 0.2) is 188 Å². The number of anilines is 3. The molecule has 234 valence electrons. The average Bonchev–Trinajstić information content (AvgIpc) is 3.57. The molecule has 0 radical (unpaired) electrons. The van der Waals surface area contributed by atoms with Crippen molar-refractivity contribution in [2.75, 3.05) is 4.90 Å². The van der Waals surface area contributed by atoms with Gasteiger partial charge in [-0.05, 0) is 103 Å². The number of thiophene rings is 1. The van der Waals surface area contributed by atoms with E-state index in [2.05, 4.69) is 193 Å².